The SMILES string of the molecule is ClCI.ClCI. The van der Waals surface area contributed by atoms with Crippen LogP contribution in [0.4, 0.5) is 0 Å². The molecule has 0 spiro atoms. The van der Waals surface area contributed by atoms with E-state index in [1.807, 2.05) is 0 Å². The van der Waals surface area contributed by atoms with Crippen LogP contribution in [0.2, 0.25) is 0 Å². The average Bonchev–Trinajstić information content (AvgIpc) is 1.39. The third kappa shape index (κ3) is 36.9. The van der Waals surface area contributed by atoms with E-state index in [1.165, 1.54) is 0 Å². The first-order chi connectivity index (χ1) is 2.83. The van der Waals surface area contributed by atoms with E-state index < -0.39 is 0 Å². The zero-order valence-corrected chi connectivity index (χ0v) is 8.75. The Balaban J connectivity index is 0. The molecule has 0 radical (unpaired) electrons. The minimum absolute atomic E-state index is 0.692. The Hall–Kier alpha value is 2.04. The first kappa shape index (κ1) is 10.9. The van der Waals surface area contributed by atoms with E-state index in [1.54, 1.807) is 0 Å². The quantitative estimate of drug-likeness (QED) is 0.464. The normalized spacial score (nSPS) is 6.00. The molecule has 0 atom stereocenters. The van der Waals surface area contributed by atoms with Gasteiger partial charge in [0.05, 0.1) is 7.77 Å². The summed E-state index contributed by atoms with van der Waals surface area (Å²) in [6.45, 7) is 0. The average molecular weight is 353 g/mol. The van der Waals surface area contributed by atoms with Crippen LogP contribution < -0.4 is 0 Å². The zero-order chi connectivity index (χ0) is 5.41. The van der Waals surface area contributed by atoms with Gasteiger partial charge in [0.1, 0.15) is 0 Å². The van der Waals surface area contributed by atoms with Gasteiger partial charge < -0.3 is 0 Å². The summed E-state index contributed by atoms with van der Waals surface area (Å²) in [4.78, 5) is 0. The van der Waals surface area contributed by atoms with Gasteiger partial charge in [-0.05, 0) is 0 Å². The van der Waals surface area contributed by atoms with Crippen LogP contribution in [-0.2, 0) is 0 Å². The molecule has 0 aliphatic rings. The Kier molecular flexibility index (Phi) is 28.6. The second kappa shape index (κ2) is 15.7. The fourth-order valence-corrected chi connectivity index (χ4v) is 0. The van der Waals surface area contributed by atoms with Crippen molar-refractivity contribution in [1.29, 1.82) is 0 Å². The molecule has 0 amide bonds. The highest BCUT2D eigenvalue weighted by molar-refractivity contribution is 14.1. The Morgan fingerprint density at radius 3 is 1.00 bits per heavy atom. The van der Waals surface area contributed by atoms with Gasteiger partial charge in [0.2, 0.25) is 0 Å². The Labute approximate surface area is 75.2 Å². The summed E-state index contributed by atoms with van der Waals surface area (Å²) in [5, 5.41) is 0. The molecule has 0 aromatic heterocycles. The van der Waals surface area contributed by atoms with Gasteiger partial charge in [0.25, 0.3) is 0 Å². The highest BCUT2D eigenvalue weighted by Crippen LogP contribution is 1.80. The monoisotopic (exact) mass is 352 g/mol. The number of rotatable bonds is 0. The molecule has 0 aromatic rings. The lowest BCUT2D eigenvalue weighted by atomic mass is 12.0. The molecular weight excluding hydrogens is 349 g/mol. The van der Waals surface area contributed by atoms with Crippen molar-refractivity contribution in [3.05, 3.63) is 0 Å². The van der Waals surface area contributed by atoms with Crippen molar-refractivity contribution in [3.63, 3.8) is 0 Å². The predicted molar refractivity (Wildman–Crippen MR) is 49.5 cm³/mol. The smallest absolute Gasteiger partial charge is 0.0742 e. The minimum Gasteiger partial charge on any atom is -0.115 e. The fourth-order valence-electron chi connectivity index (χ4n) is 0. The molecule has 0 nitrogen and oxygen atoms in total. The minimum atomic E-state index is 0.692. The summed E-state index contributed by atoms with van der Waals surface area (Å²) in [7, 11) is 0. The van der Waals surface area contributed by atoms with Gasteiger partial charge >= 0.3 is 0 Å². The molecule has 0 bridgehead atoms. The number of halogens is 4. The fraction of sp³-hybridized carbons (Fsp3) is 1.00. The summed E-state index contributed by atoms with van der Waals surface area (Å²) in [6, 6.07) is 0. The predicted octanol–water partition coefficient (Wildman–Crippen LogP) is 3.24. The first-order valence-electron chi connectivity index (χ1n) is 1.07. The van der Waals surface area contributed by atoms with Crippen LogP contribution in [0.5, 0.6) is 0 Å². The Morgan fingerprint density at radius 2 is 1.00 bits per heavy atom. The van der Waals surface area contributed by atoms with Crippen LogP contribution in [0, 0.1) is 0 Å². The van der Waals surface area contributed by atoms with Crippen LogP contribution in [0.15, 0.2) is 0 Å². The summed E-state index contributed by atoms with van der Waals surface area (Å²) in [5.41, 5.74) is 0. The first-order valence-corrected chi connectivity index (χ1v) is 5.19. The summed E-state index contributed by atoms with van der Waals surface area (Å²) in [5.74, 6) is 0. The second-order valence-electron chi connectivity index (χ2n) is 0.202. The van der Waals surface area contributed by atoms with Gasteiger partial charge in [-0.1, -0.05) is 45.2 Å². The molecule has 0 saturated carbocycles. The highest BCUT2D eigenvalue weighted by atomic mass is 127. The third-order valence-corrected chi connectivity index (χ3v) is 0. The molecule has 0 rings (SSSR count). The van der Waals surface area contributed by atoms with Crippen molar-refractivity contribution in [2.24, 2.45) is 0 Å². The lowest BCUT2D eigenvalue weighted by Gasteiger charge is -1.43. The lowest BCUT2D eigenvalue weighted by molar-refractivity contribution is 2.38. The molecule has 0 aliphatic heterocycles. The zero-order valence-electron chi connectivity index (χ0n) is 2.93. The van der Waals surface area contributed by atoms with E-state index in [-0.39, 0.29) is 0 Å². The number of alkyl halides is 4. The maximum absolute atomic E-state index is 4.99. The van der Waals surface area contributed by atoms with E-state index in [0.29, 0.717) is 7.77 Å². The number of hydrogen-bond acceptors (Lipinski definition) is 0. The molecule has 0 aromatic carbocycles. The summed E-state index contributed by atoms with van der Waals surface area (Å²) < 4.78 is 1.38. The molecule has 4 heteroatoms. The van der Waals surface area contributed by atoms with E-state index in [4.69, 9.17) is 23.2 Å². The van der Waals surface area contributed by atoms with E-state index in [0.717, 1.165) is 0 Å². The van der Waals surface area contributed by atoms with Crippen molar-refractivity contribution in [3.8, 4) is 0 Å². The molecule has 40 valence electrons. The molecule has 0 saturated heterocycles. The maximum Gasteiger partial charge on any atom is 0.0742 e. The van der Waals surface area contributed by atoms with Crippen molar-refractivity contribution in [2.75, 3.05) is 7.77 Å². The van der Waals surface area contributed by atoms with Crippen LogP contribution >= 0.6 is 68.4 Å². The van der Waals surface area contributed by atoms with Gasteiger partial charge in [0.15, 0.2) is 0 Å². The summed E-state index contributed by atoms with van der Waals surface area (Å²) in [6.07, 6.45) is 0. The van der Waals surface area contributed by atoms with Gasteiger partial charge in [-0.25, -0.2) is 0 Å². The molecule has 6 heavy (non-hydrogen) atoms. The molecule has 0 fully saturated rings. The topological polar surface area (TPSA) is 0 Å². The van der Waals surface area contributed by atoms with E-state index >= 15 is 0 Å². The van der Waals surface area contributed by atoms with Gasteiger partial charge in [-0.3, -0.25) is 0 Å². The lowest BCUT2D eigenvalue weighted by Crippen LogP contribution is -1.21. The maximum atomic E-state index is 4.99. The highest BCUT2D eigenvalue weighted by Gasteiger charge is 1.41. The Bertz CT molecular complexity index is 11.5. The van der Waals surface area contributed by atoms with Crippen molar-refractivity contribution in [2.45, 2.75) is 0 Å². The van der Waals surface area contributed by atoms with Crippen LogP contribution in [0.3, 0.4) is 0 Å². The van der Waals surface area contributed by atoms with Crippen LogP contribution in [0.25, 0.3) is 0 Å². The van der Waals surface area contributed by atoms with Crippen molar-refractivity contribution in [1.82, 2.24) is 0 Å². The van der Waals surface area contributed by atoms with E-state index in [9.17, 15) is 0 Å². The van der Waals surface area contributed by atoms with Gasteiger partial charge in [-0.15, -0.1) is 23.2 Å². The van der Waals surface area contributed by atoms with Gasteiger partial charge in [0, 0.05) is 0 Å². The largest absolute Gasteiger partial charge is 0.115 e. The Morgan fingerprint density at radius 1 is 1.00 bits per heavy atom. The standard InChI is InChI=1S/2CH2ClI/c2*2-1-3/h2*1H2. The summed E-state index contributed by atoms with van der Waals surface area (Å²) >= 11 is 14.1. The number of hydrogen-bond donors (Lipinski definition) is 0. The van der Waals surface area contributed by atoms with Gasteiger partial charge in [-0.2, -0.15) is 0 Å². The molecule has 0 heterocycles. The van der Waals surface area contributed by atoms with Crippen molar-refractivity contribution < 1.29 is 0 Å². The van der Waals surface area contributed by atoms with Crippen LogP contribution in [0.1, 0.15) is 0 Å². The molecule has 0 N–H and O–H groups in total. The molecular formula is C2H4Cl2I2. The molecule has 0 unspecified atom stereocenters. The van der Waals surface area contributed by atoms with E-state index in [2.05, 4.69) is 45.2 Å². The molecule has 0 aliphatic carbocycles. The third-order valence-electron chi connectivity index (χ3n) is 0. The second-order valence-corrected chi connectivity index (χ2v) is 4.07. The van der Waals surface area contributed by atoms with Crippen molar-refractivity contribution >= 4 is 68.4 Å². The van der Waals surface area contributed by atoms with Crippen LogP contribution in [-0.4, -0.2) is 7.77 Å².